The summed E-state index contributed by atoms with van der Waals surface area (Å²) in [6, 6.07) is 8.89. The zero-order valence-electron chi connectivity index (χ0n) is 13.3. The third-order valence-electron chi connectivity index (χ3n) is 6.14. The summed E-state index contributed by atoms with van der Waals surface area (Å²) in [7, 11) is 0. The first-order valence-electron chi connectivity index (χ1n) is 8.78. The van der Waals surface area contributed by atoms with E-state index in [1.54, 1.807) is 24.3 Å². The van der Waals surface area contributed by atoms with Crippen molar-refractivity contribution in [2.45, 2.75) is 56.3 Å². The predicted molar refractivity (Wildman–Crippen MR) is 86.5 cm³/mol. The van der Waals surface area contributed by atoms with Crippen molar-refractivity contribution >= 4 is 5.91 Å². The van der Waals surface area contributed by atoms with Crippen molar-refractivity contribution in [1.29, 1.82) is 0 Å². The van der Waals surface area contributed by atoms with Gasteiger partial charge < -0.3 is 15.5 Å². The molecule has 0 radical (unpaired) electrons. The van der Waals surface area contributed by atoms with E-state index >= 15 is 0 Å². The maximum atomic E-state index is 12.5. The number of carbonyl (C=O) groups excluding carboxylic acids is 1. The highest BCUT2D eigenvalue weighted by Gasteiger charge is 2.52. The number of aliphatic hydroxyl groups excluding tert-OH is 2. The van der Waals surface area contributed by atoms with E-state index in [0.29, 0.717) is 5.56 Å². The Morgan fingerprint density at radius 3 is 2.04 bits per heavy atom. The average molecular weight is 315 g/mol. The van der Waals surface area contributed by atoms with E-state index in [4.69, 9.17) is 0 Å². The van der Waals surface area contributed by atoms with Crippen LogP contribution in [0, 0.1) is 17.8 Å². The second-order valence-electron chi connectivity index (χ2n) is 7.99. The van der Waals surface area contributed by atoms with Gasteiger partial charge in [0.1, 0.15) is 6.10 Å². The first-order chi connectivity index (χ1) is 11.0. The minimum absolute atomic E-state index is 0.136. The molecule has 2 atom stereocenters. The lowest BCUT2D eigenvalue weighted by molar-refractivity contribution is -0.141. The highest BCUT2D eigenvalue weighted by molar-refractivity contribution is 5.82. The van der Waals surface area contributed by atoms with Crippen LogP contribution in [0.25, 0.3) is 0 Å². The summed E-state index contributed by atoms with van der Waals surface area (Å²) in [5.74, 6) is 1.77. The minimum atomic E-state index is -1.41. The van der Waals surface area contributed by atoms with Gasteiger partial charge in [0, 0.05) is 5.54 Å². The monoisotopic (exact) mass is 315 g/mol. The van der Waals surface area contributed by atoms with Gasteiger partial charge in [-0.05, 0) is 61.8 Å². The van der Waals surface area contributed by atoms with E-state index in [1.165, 1.54) is 19.3 Å². The van der Waals surface area contributed by atoms with Crippen molar-refractivity contribution in [3.63, 3.8) is 0 Å². The number of hydrogen-bond donors (Lipinski definition) is 3. The van der Waals surface area contributed by atoms with Crippen molar-refractivity contribution in [3.8, 4) is 0 Å². The van der Waals surface area contributed by atoms with Crippen molar-refractivity contribution in [2.75, 3.05) is 0 Å². The normalized spacial score (nSPS) is 37.4. The third kappa shape index (κ3) is 2.79. The number of benzene rings is 1. The number of carbonyl (C=O) groups is 1. The van der Waals surface area contributed by atoms with Crippen LogP contribution in [0.15, 0.2) is 30.3 Å². The molecule has 0 unspecified atom stereocenters. The second kappa shape index (κ2) is 5.60. The summed E-state index contributed by atoms with van der Waals surface area (Å²) < 4.78 is 0. The highest BCUT2D eigenvalue weighted by Crippen LogP contribution is 2.55. The van der Waals surface area contributed by atoms with Gasteiger partial charge in [0.2, 0.25) is 0 Å². The predicted octanol–water partition coefficient (Wildman–Crippen LogP) is 2.17. The minimum Gasteiger partial charge on any atom is -0.385 e. The van der Waals surface area contributed by atoms with Crippen LogP contribution >= 0.6 is 0 Å². The van der Waals surface area contributed by atoms with Gasteiger partial charge in [-0.15, -0.1) is 0 Å². The molecule has 4 bridgehead atoms. The summed E-state index contributed by atoms with van der Waals surface area (Å²) in [4.78, 5) is 12.5. The van der Waals surface area contributed by atoms with E-state index in [-0.39, 0.29) is 5.54 Å². The molecule has 4 aliphatic rings. The van der Waals surface area contributed by atoms with E-state index < -0.39 is 18.1 Å². The van der Waals surface area contributed by atoms with E-state index in [0.717, 1.165) is 37.0 Å². The third-order valence-corrected chi connectivity index (χ3v) is 6.14. The Morgan fingerprint density at radius 1 is 1.00 bits per heavy atom. The molecule has 124 valence electrons. The highest BCUT2D eigenvalue weighted by atomic mass is 16.3. The summed E-state index contributed by atoms with van der Waals surface area (Å²) >= 11 is 0. The second-order valence-corrected chi connectivity index (χ2v) is 7.99. The zero-order valence-corrected chi connectivity index (χ0v) is 13.3. The molecule has 0 spiro atoms. The lowest BCUT2D eigenvalue weighted by Gasteiger charge is -2.57. The van der Waals surface area contributed by atoms with Gasteiger partial charge in [-0.3, -0.25) is 4.79 Å². The molecule has 1 aromatic rings. The first kappa shape index (κ1) is 15.2. The van der Waals surface area contributed by atoms with E-state index in [1.807, 2.05) is 6.07 Å². The summed E-state index contributed by atoms with van der Waals surface area (Å²) in [6.07, 6.45) is 4.46. The Hall–Kier alpha value is -1.39. The standard InChI is InChI=1S/C19H25NO3/c21-16(15-4-2-1-3-5-15)17(22)18(23)20-19-9-12-6-13(10-19)8-14(7-12)11-19/h1-5,12-14,16-17,21-22H,6-11H2,(H,20,23)/t12?,13?,14?,16-,17+,19?/m1/s1. The van der Waals surface area contributed by atoms with Gasteiger partial charge in [-0.1, -0.05) is 30.3 Å². The number of nitrogens with one attached hydrogen (secondary N) is 1. The lowest BCUT2D eigenvalue weighted by atomic mass is 9.53. The largest absolute Gasteiger partial charge is 0.385 e. The van der Waals surface area contributed by atoms with Crippen molar-refractivity contribution < 1.29 is 15.0 Å². The summed E-state index contributed by atoms with van der Waals surface area (Å²) in [6.45, 7) is 0. The molecule has 0 heterocycles. The van der Waals surface area contributed by atoms with Gasteiger partial charge in [0.05, 0.1) is 0 Å². The Balaban J connectivity index is 1.45. The van der Waals surface area contributed by atoms with Crippen LogP contribution in [-0.2, 0) is 4.79 Å². The molecule has 5 rings (SSSR count). The molecule has 1 amide bonds. The van der Waals surface area contributed by atoms with Crippen LogP contribution in [0.3, 0.4) is 0 Å². The van der Waals surface area contributed by atoms with Crippen LogP contribution in [0.1, 0.15) is 50.2 Å². The maximum Gasteiger partial charge on any atom is 0.252 e. The topological polar surface area (TPSA) is 69.6 Å². The Labute approximate surface area is 136 Å². The smallest absolute Gasteiger partial charge is 0.252 e. The van der Waals surface area contributed by atoms with Crippen LogP contribution in [0.5, 0.6) is 0 Å². The van der Waals surface area contributed by atoms with Crippen molar-refractivity contribution in [3.05, 3.63) is 35.9 Å². The maximum absolute atomic E-state index is 12.5. The van der Waals surface area contributed by atoms with E-state index in [2.05, 4.69) is 5.32 Å². The SMILES string of the molecule is O=C(NC12CC3CC(CC(C3)C1)C2)[C@@H](O)[C@H](O)c1ccccc1. The Bertz CT molecular complexity index is 550. The molecule has 4 saturated carbocycles. The molecule has 0 saturated heterocycles. The number of aliphatic hydroxyl groups is 2. The summed E-state index contributed by atoms with van der Waals surface area (Å²) in [5.41, 5.74) is 0.434. The molecular weight excluding hydrogens is 290 g/mol. The van der Waals surface area contributed by atoms with Crippen molar-refractivity contribution in [2.24, 2.45) is 17.8 Å². The molecule has 4 heteroatoms. The van der Waals surface area contributed by atoms with Crippen LogP contribution in [-0.4, -0.2) is 27.8 Å². The number of rotatable bonds is 4. The number of hydrogen-bond acceptors (Lipinski definition) is 3. The molecule has 1 aromatic carbocycles. The first-order valence-corrected chi connectivity index (χ1v) is 8.78. The zero-order chi connectivity index (χ0) is 16.0. The Morgan fingerprint density at radius 2 is 1.52 bits per heavy atom. The molecular formula is C19H25NO3. The summed E-state index contributed by atoms with van der Waals surface area (Å²) in [5, 5.41) is 23.7. The molecule has 4 fully saturated rings. The van der Waals surface area contributed by atoms with Gasteiger partial charge in [0.25, 0.3) is 5.91 Å². The quantitative estimate of drug-likeness (QED) is 0.797. The molecule has 3 N–H and O–H groups in total. The molecule has 23 heavy (non-hydrogen) atoms. The fraction of sp³-hybridized carbons (Fsp3) is 0.632. The van der Waals surface area contributed by atoms with Gasteiger partial charge in [0.15, 0.2) is 6.10 Å². The van der Waals surface area contributed by atoms with Crippen LogP contribution < -0.4 is 5.32 Å². The average Bonchev–Trinajstić information content (AvgIpc) is 2.52. The molecule has 4 aliphatic carbocycles. The Kier molecular flexibility index (Phi) is 3.69. The molecule has 4 nitrogen and oxygen atoms in total. The fourth-order valence-electron chi connectivity index (χ4n) is 5.57. The van der Waals surface area contributed by atoms with Gasteiger partial charge in [-0.2, -0.15) is 0 Å². The van der Waals surface area contributed by atoms with E-state index in [9.17, 15) is 15.0 Å². The van der Waals surface area contributed by atoms with Crippen molar-refractivity contribution in [1.82, 2.24) is 5.32 Å². The van der Waals surface area contributed by atoms with Crippen LogP contribution in [0.4, 0.5) is 0 Å². The lowest BCUT2D eigenvalue weighted by Crippen LogP contribution is -2.61. The fourth-order valence-corrected chi connectivity index (χ4v) is 5.57. The van der Waals surface area contributed by atoms with Gasteiger partial charge in [-0.25, -0.2) is 0 Å². The van der Waals surface area contributed by atoms with Gasteiger partial charge >= 0.3 is 0 Å². The molecule has 0 aromatic heterocycles. The van der Waals surface area contributed by atoms with Crippen LogP contribution in [0.2, 0.25) is 0 Å². The number of amides is 1. The molecule has 0 aliphatic heterocycles.